The summed E-state index contributed by atoms with van der Waals surface area (Å²) in [6.07, 6.45) is 1.73. The molecule has 1 nitrogen and oxygen atoms in total. The van der Waals surface area contributed by atoms with Crippen LogP contribution in [0, 0.1) is 0 Å². The van der Waals surface area contributed by atoms with E-state index in [1.807, 2.05) is 30.3 Å². The van der Waals surface area contributed by atoms with Crippen molar-refractivity contribution >= 4 is 26.7 Å². The molecule has 3 rings (SSSR count). The van der Waals surface area contributed by atoms with Crippen LogP contribution in [0.2, 0.25) is 0 Å². The van der Waals surface area contributed by atoms with Gasteiger partial charge in [-0.15, -0.1) is 0 Å². The highest BCUT2D eigenvalue weighted by molar-refractivity contribution is 9.10. The molecule has 0 amide bonds. The summed E-state index contributed by atoms with van der Waals surface area (Å²) in [5.74, 6) is 0.385. The first-order valence-corrected chi connectivity index (χ1v) is 7.48. The molecule has 0 aliphatic heterocycles. The summed E-state index contributed by atoms with van der Waals surface area (Å²) >= 11 is 3.58. The fraction of sp³-hybridized carbons (Fsp3) is 0.111. The monoisotopic (exact) mass is 326 g/mol. The first-order chi connectivity index (χ1) is 9.75. The van der Waals surface area contributed by atoms with Gasteiger partial charge in [0.25, 0.3) is 0 Å². The van der Waals surface area contributed by atoms with Crippen molar-refractivity contribution in [1.29, 1.82) is 0 Å². The molecule has 0 spiro atoms. The molecule has 0 aliphatic rings. The average Bonchev–Trinajstić information content (AvgIpc) is 2.48. The molecule has 0 radical (unpaired) electrons. The van der Waals surface area contributed by atoms with Gasteiger partial charge in [-0.3, -0.25) is 0 Å². The highest BCUT2D eigenvalue weighted by atomic mass is 79.9. The van der Waals surface area contributed by atoms with Crippen LogP contribution in [0.1, 0.15) is 11.1 Å². The summed E-state index contributed by atoms with van der Waals surface area (Å²) in [4.78, 5) is 0. The maximum atomic E-state index is 10.1. The number of halogens is 1. The molecule has 0 aliphatic carbocycles. The lowest BCUT2D eigenvalue weighted by Gasteiger charge is -2.10. The molecule has 0 saturated heterocycles. The van der Waals surface area contributed by atoms with Gasteiger partial charge in [-0.2, -0.15) is 0 Å². The van der Waals surface area contributed by atoms with Gasteiger partial charge in [0.15, 0.2) is 0 Å². The average molecular weight is 327 g/mol. The Bertz CT molecular complexity index is 749. The van der Waals surface area contributed by atoms with Gasteiger partial charge < -0.3 is 5.11 Å². The van der Waals surface area contributed by atoms with E-state index in [-0.39, 0.29) is 0 Å². The number of aryl methyl sites for hydroxylation is 2. The van der Waals surface area contributed by atoms with Crippen LogP contribution in [0.25, 0.3) is 10.8 Å². The molecule has 100 valence electrons. The molecule has 3 aromatic rings. The van der Waals surface area contributed by atoms with Crippen molar-refractivity contribution in [2.75, 3.05) is 0 Å². The number of phenolic OH excluding ortho intramolecular Hbond substituents is 1. The lowest BCUT2D eigenvalue weighted by molar-refractivity contribution is 0.469. The number of phenols is 1. The summed E-state index contributed by atoms with van der Waals surface area (Å²) in [6, 6.07) is 20.2. The number of rotatable bonds is 3. The van der Waals surface area contributed by atoms with E-state index in [9.17, 15) is 5.11 Å². The molecule has 0 aromatic heterocycles. The Labute approximate surface area is 127 Å². The number of fused-ring (bicyclic) bond motifs is 1. The lowest BCUT2D eigenvalue weighted by Crippen LogP contribution is -1.94. The molecule has 0 fully saturated rings. The minimum Gasteiger partial charge on any atom is -0.508 e. The van der Waals surface area contributed by atoms with Crippen LogP contribution in [0.15, 0.2) is 65.1 Å². The van der Waals surface area contributed by atoms with Crippen molar-refractivity contribution in [3.8, 4) is 5.75 Å². The van der Waals surface area contributed by atoms with Gasteiger partial charge in [-0.25, -0.2) is 0 Å². The maximum absolute atomic E-state index is 10.1. The number of hydrogen-bond donors (Lipinski definition) is 1. The number of benzene rings is 3. The van der Waals surface area contributed by atoms with Crippen molar-refractivity contribution < 1.29 is 5.11 Å². The second-order valence-corrected chi connectivity index (χ2v) is 5.73. The zero-order chi connectivity index (χ0) is 13.9. The van der Waals surface area contributed by atoms with Crippen LogP contribution >= 0.6 is 15.9 Å². The Morgan fingerprint density at radius 3 is 2.40 bits per heavy atom. The Kier molecular flexibility index (Phi) is 3.75. The predicted molar refractivity (Wildman–Crippen MR) is 87.2 cm³/mol. The minimum atomic E-state index is 0.385. The van der Waals surface area contributed by atoms with Gasteiger partial charge in [-0.1, -0.05) is 64.5 Å². The van der Waals surface area contributed by atoms with E-state index in [0.29, 0.717) is 5.75 Å². The second kappa shape index (κ2) is 5.68. The third-order valence-electron chi connectivity index (χ3n) is 3.62. The normalized spacial score (nSPS) is 10.8. The summed E-state index contributed by atoms with van der Waals surface area (Å²) in [7, 11) is 0. The van der Waals surface area contributed by atoms with Crippen molar-refractivity contribution in [2.24, 2.45) is 0 Å². The number of aromatic hydroxyl groups is 1. The molecular formula is C18H15BrO. The third kappa shape index (κ3) is 2.56. The zero-order valence-electron chi connectivity index (χ0n) is 11.0. The van der Waals surface area contributed by atoms with E-state index in [0.717, 1.165) is 28.3 Å². The van der Waals surface area contributed by atoms with Gasteiger partial charge in [0.05, 0.1) is 0 Å². The SMILES string of the molecule is Oc1ccc2ccccc2c1CCc1ccccc1Br. The summed E-state index contributed by atoms with van der Waals surface area (Å²) in [6.45, 7) is 0. The van der Waals surface area contributed by atoms with E-state index in [1.54, 1.807) is 6.07 Å². The fourth-order valence-corrected chi connectivity index (χ4v) is 3.03. The van der Waals surface area contributed by atoms with Gasteiger partial charge in [0, 0.05) is 10.0 Å². The molecule has 20 heavy (non-hydrogen) atoms. The zero-order valence-corrected chi connectivity index (χ0v) is 12.6. The van der Waals surface area contributed by atoms with Gasteiger partial charge in [0.2, 0.25) is 0 Å². The molecule has 2 heteroatoms. The van der Waals surface area contributed by atoms with Crippen LogP contribution in [0.4, 0.5) is 0 Å². The van der Waals surface area contributed by atoms with Crippen LogP contribution in [-0.4, -0.2) is 5.11 Å². The van der Waals surface area contributed by atoms with Gasteiger partial charge >= 0.3 is 0 Å². The fourth-order valence-electron chi connectivity index (χ4n) is 2.55. The Morgan fingerprint density at radius 1 is 0.800 bits per heavy atom. The molecule has 0 heterocycles. The lowest BCUT2D eigenvalue weighted by atomic mass is 9.97. The Morgan fingerprint density at radius 2 is 1.55 bits per heavy atom. The third-order valence-corrected chi connectivity index (χ3v) is 4.39. The predicted octanol–water partition coefficient (Wildman–Crippen LogP) is 5.09. The Balaban J connectivity index is 1.95. The van der Waals surface area contributed by atoms with E-state index in [2.05, 4.69) is 40.2 Å². The van der Waals surface area contributed by atoms with E-state index >= 15 is 0 Å². The van der Waals surface area contributed by atoms with E-state index in [1.165, 1.54) is 10.9 Å². The highest BCUT2D eigenvalue weighted by Crippen LogP contribution is 2.29. The second-order valence-electron chi connectivity index (χ2n) is 4.88. The molecule has 1 N–H and O–H groups in total. The van der Waals surface area contributed by atoms with Crippen LogP contribution in [0.3, 0.4) is 0 Å². The van der Waals surface area contributed by atoms with E-state index in [4.69, 9.17) is 0 Å². The first-order valence-electron chi connectivity index (χ1n) is 6.69. The standard InChI is InChI=1S/C18H15BrO/c19-17-8-4-2-6-14(17)9-11-16-15-7-3-1-5-13(15)10-12-18(16)20/h1-8,10,12,20H,9,11H2. The molecule has 0 saturated carbocycles. The summed E-state index contributed by atoms with van der Waals surface area (Å²) in [5, 5.41) is 12.5. The first kappa shape index (κ1) is 13.2. The maximum Gasteiger partial charge on any atom is 0.119 e. The van der Waals surface area contributed by atoms with E-state index < -0.39 is 0 Å². The topological polar surface area (TPSA) is 20.2 Å². The Hall–Kier alpha value is -1.80. The van der Waals surface area contributed by atoms with Gasteiger partial charge in [0.1, 0.15) is 5.75 Å². The highest BCUT2D eigenvalue weighted by Gasteiger charge is 2.08. The van der Waals surface area contributed by atoms with Crippen molar-refractivity contribution in [3.05, 3.63) is 76.3 Å². The van der Waals surface area contributed by atoms with Crippen LogP contribution < -0.4 is 0 Å². The summed E-state index contributed by atoms with van der Waals surface area (Å²) in [5.41, 5.74) is 2.29. The van der Waals surface area contributed by atoms with Gasteiger partial charge in [-0.05, 0) is 41.3 Å². The van der Waals surface area contributed by atoms with Crippen molar-refractivity contribution in [3.63, 3.8) is 0 Å². The summed E-state index contributed by atoms with van der Waals surface area (Å²) < 4.78 is 1.12. The number of hydrogen-bond acceptors (Lipinski definition) is 1. The molecular weight excluding hydrogens is 312 g/mol. The molecule has 0 atom stereocenters. The van der Waals surface area contributed by atoms with Crippen LogP contribution in [-0.2, 0) is 12.8 Å². The van der Waals surface area contributed by atoms with Crippen molar-refractivity contribution in [1.82, 2.24) is 0 Å². The van der Waals surface area contributed by atoms with Crippen molar-refractivity contribution in [2.45, 2.75) is 12.8 Å². The minimum absolute atomic E-state index is 0.385. The molecule has 0 bridgehead atoms. The molecule has 0 unspecified atom stereocenters. The smallest absolute Gasteiger partial charge is 0.119 e. The van der Waals surface area contributed by atoms with Crippen LogP contribution in [0.5, 0.6) is 5.75 Å². The quantitative estimate of drug-likeness (QED) is 0.710. The largest absolute Gasteiger partial charge is 0.508 e. The molecule has 3 aromatic carbocycles.